The van der Waals surface area contributed by atoms with Gasteiger partial charge in [-0.2, -0.15) is 5.23 Å². The second-order valence-corrected chi connectivity index (χ2v) is 5.36. The number of nitrogens with one attached hydrogen (secondary N) is 2. The molecule has 25 heavy (non-hydrogen) atoms. The molecule has 1 amide bonds. The second-order valence-electron chi connectivity index (χ2n) is 5.36. The number of carboxylic acids is 2. The molecule has 0 heterocycles. The summed E-state index contributed by atoms with van der Waals surface area (Å²) in [6.07, 6.45) is -2.69. The lowest BCUT2D eigenvalue weighted by Crippen LogP contribution is -2.99. The van der Waals surface area contributed by atoms with Crippen molar-refractivity contribution in [3.8, 4) is 0 Å². The van der Waals surface area contributed by atoms with Gasteiger partial charge < -0.3 is 25.5 Å². The van der Waals surface area contributed by atoms with E-state index in [0.717, 1.165) is 0 Å². The summed E-state index contributed by atoms with van der Waals surface area (Å²) in [5.41, 5.74) is -0.563. The normalized spacial score (nSPS) is 15.5. The van der Waals surface area contributed by atoms with Gasteiger partial charge in [0.15, 0.2) is 5.69 Å². The minimum atomic E-state index is -1.89. The summed E-state index contributed by atoms with van der Waals surface area (Å²) in [5, 5.41) is 39.5. The Morgan fingerprint density at radius 2 is 1.84 bits per heavy atom. The molecule has 0 spiro atoms. The Hall–Kier alpha value is -2.69. The van der Waals surface area contributed by atoms with Gasteiger partial charge in [0.2, 0.25) is 6.10 Å². The van der Waals surface area contributed by atoms with Crippen LogP contribution >= 0.6 is 0 Å². The van der Waals surface area contributed by atoms with Gasteiger partial charge in [-0.05, 0) is 12.0 Å². The lowest BCUT2D eigenvalue weighted by atomic mass is 10.00. The molecule has 0 radical (unpaired) electrons. The Balaban J connectivity index is 3.01. The van der Waals surface area contributed by atoms with Crippen molar-refractivity contribution in [1.29, 1.82) is 0 Å². The molecule has 0 saturated carbocycles. The van der Waals surface area contributed by atoms with Crippen LogP contribution in [0.5, 0.6) is 0 Å². The first kappa shape index (κ1) is 20.4. The summed E-state index contributed by atoms with van der Waals surface area (Å²) in [5.74, 6) is -3.29. The lowest BCUT2D eigenvalue weighted by molar-refractivity contribution is -0.991. The smallest absolute Gasteiger partial charge is 0.409 e. The van der Waals surface area contributed by atoms with E-state index in [1.807, 2.05) is 0 Å². The highest BCUT2D eigenvalue weighted by atomic mass is 16.8. The number of carboxylic acid groups (broad SMARTS) is 2. The van der Waals surface area contributed by atoms with E-state index >= 15 is 0 Å². The fraction of sp³-hybridized carbons (Fsp3) is 0.400. The van der Waals surface area contributed by atoms with Crippen molar-refractivity contribution >= 4 is 23.7 Å². The summed E-state index contributed by atoms with van der Waals surface area (Å²) in [6.45, 7) is 3.34. The van der Waals surface area contributed by atoms with Crippen molar-refractivity contribution in [3.05, 3.63) is 35.0 Å². The van der Waals surface area contributed by atoms with Crippen LogP contribution in [0.2, 0.25) is 0 Å². The number of carbonyl (C=O) groups excluding carboxylic acids is 1. The lowest BCUT2D eigenvalue weighted by Gasteiger charge is -2.23. The number of rotatable bonds is 8. The Morgan fingerprint density at radius 1 is 1.24 bits per heavy atom. The zero-order chi connectivity index (χ0) is 19.1. The van der Waals surface area contributed by atoms with Gasteiger partial charge in [-0.15, -0.1) is 0 Å². The molecule has 1 aromatic carbocycles. The van der Waals surface area contributed by atoms with Gasteiger partial charge in [-0.3, -0.25) is 0 Å². The van der Waals surface area contributed by atoms with Crippen molar-refractivity contribution < 1.29 is 39.8 Å². The summed E-state index contributed by atoms with van der Waals surface area (Å²) in [6, 6.07) is 3.92. The van der Waals surface area contributed by atoms with Crippen LogP contribution in [0, 0.1) is 11.1 Å². The molecule has 0 aliphatic rings. The molecule has 0 aliphatic carbocycles. The van der Waals surface area contributed by atoms with E-state index in [2.05, 4.69) is 5.32 Å². The maximum absolute atomic E-state index is 11.9. The minimum Gasteiger partial charge on any atom is -0.595 e. The van der Waals surface area contributed by atoms with Crippen molar-refractivity contribution in [3.63, 3.8) is 0 Å². The Morgan fingerprint density at radius 3 is 2.32 bits per heavy atom. The van der Waals surface area contributed by atoms with E-state index in [0.29, 0.717) is 6.42 Å². The van der Waals surface area contributed by atoms with Gasteiger partial charge in [0.25, 0.3) is 0 Å². The topological polar surface area (TPSA) is 161 Å². The molecule has 0 aromatic heterocycles. The number of para-hydroxylation sites is 1. The fourth-order valence-electron chi connectivity index (χ4n) is 2.12. The average molecular weight is 356 g/mol. The number of hydrogen-bond acceptors (Lipinski definition) is 6. The summed E-state index contributed by atoms with van der Waals surface area (Å²) in [7, 11) is 0. The Labute approximate surface area is 143 Å². The highest BCUT2D eigenvalue weighted by molar-refractivity contribution is 5.83. The van der Waals surface area contributed by atoms with Crippen LogP contribution in [-0.4, -0.2) is 39.5 Å². The molecule has 5 N–H and O–H groups in total. The van der Waals surface area contributed by atoms with Crippen molar-refractivity contribution in [2.24, 2.45) is 5.92 Å². The SMILES string of the molecule is CC[C@@H](C)[C@@H](NC(=O)OC(C(=O)O)c1ccccc1[NH+]([O-])O)C(=O)O. The molecule has 1 aromatic rings. The van der Waals surface area contributed by atoms with Crippen LogP contribution in [-0.2, 0) is 14.3 Å². The molecule has 1 rings (SSSR count). The van der Waals surface area contributed by atoms with Crippen molar-refractivity contribution in [1.82, 2.24) is 5.32 Å². The van der Waals surface area contributed by atoms with E-state index in [1.165, 1.54) is 24.3 Å². The Kier molecular flexibility index (Phi) is 7.30. The predicted molar refractivity (Wildman–Crippen MR) is 83.1 cm³/mol. The third-order valence-corrected chi connectivity index (χ3v) is 3.68. The molecule has 138 valence electrons. The number of benzene rings is 1. The highest BCUT2D eigenvalue weighted by Gasteiger charge is 2.32. The number of alkyl carbamates (subject to hydrolysis) is 1. The maximum Gasteiger partial charge on any atom is 0.409 e. The second kappa shape index (κ2) is 8.97. The molecule has 0 bridgehead atoms. The van der Waals surface area contributed by atoms with Gasteiger partial charge in [0.05, 0.1) is 5.56 Å². The van der Waals surface area contributed by atoms with E-state index in [1.54, 1.807) is 13.8 Å². The monoisotopic (exact) mass is 356 g/mol. The first-order chi connectivity index (χ1) is 11.7. The van der Waals surface area contributed by atoms with Gasteiger partial charge in [-0.1, -0.05) is 32.4 Å². The van der Waals surface area contributed by atoms with Crippen LogP contribution < -0.4 is 10.5 Å². The number of hydrogen-bond donors (Lipinski definition) is 5. The molecular weight excluding hydrogens is 336 g/mol. The van der Waals surface area contributed by atoms with Crippen LogP contribution in [0.15, 0.2) is 24.3 Å². The number of amides is 1. The van der Waals surface area contributed by atoms with E-state index < -0.39 is 41.3 Å². The highest BCUT2D eigenvalue weighted by Crippen LogP contribution is 2.24. The van der Waals surface area contributed by atoms with Gasteiger partial charge in [-0.25, -0.2) is 19.6 Å². The largest absolute Gasteiger partial charge is 0.595 e. The van der Waals surface area contributed by atoms with Gasteiger partial charge in [0.1, 0.15) is 6.04 Å². The van der Waals surface area contributed by atoms with E-state index in [-0.39, 0.29) is 11.3 Å². The maximum atomic E-state index is 11.9. The average Bonchev–Trinajstić information content (AvgIpc) is 2.56. The van der Waals surface area contributed by atoms with Crippen LogP contribution in [0.4, 0.5) is 10.5 Å². The van der Waals surface area contributed by atoms with Crippen molar-refractivity contribution in [2.45, 2.75) is 32.4 Å². The molecule has 10 nitrogen and oxygen atoms in total. The number of ether oxygens (including phenoxy) is 1. The zero-order valence-corrected chi connectivity index (χ0v) is 13.6. The van der Waals surface area contributed by atoms with Crippen LogP contribution in [0.1, 0.15) is 31.9 Å². The van der Waals surface area contributed by atoms with Crippen LogP contribution in [0.3, 0.4) is 0 Å². The quantitative estimate of drug-likeness (QED) is 0.419. The third-order valence-electron chi connectivity index (χ3n) is 3.68. The zero-order valence-electron chi connectivity index (χ0n) is 13.6. The molecule has 4 atom stereocenters. The molecule has 10 heteroatoms. The Bertz CT molecular complexity index is 634. The first-order valence-corrected chi connectivity index (χ1v) is 7.44. The summed E-state index contributed by atoms with van der Waals surface area (Å²) >= 11 is 0. The molecule has 0 fully saturated rings. The number of aliphatic carboxylic acids is 2. The number of carbonyl (C=O) groups is 3. The van der Waals surface area contributed by atoms with Gasteiger partial charge >= 0.3 is 18.0 Å². The van der Waals surface area contributed by atoms with E-state index in [4.69, 9.17) is 15.1 Å². The standard InChI is InChI=1S/C15H20N2O8/c1-3-8(2)11(13(18)19)16-15(22)25-12(14(20)21)9-6-4-5-7-10(9)17(23)24/h4-8,11-12,17,23H,3H2,1-2H3,(H,16,22)(H,18,19)(H,20,21)/t8-,11-,12?/m1/s1. The number of quaternary nitrogens is 1. The summed E-state index contributed by atoms with van der Waals surface area (Å²) in [4.78, 5) is 34.5. The first-order valence-electron chi connectivity index (χ1n) is 7.44. The van der Waals surface area contributed by atoms with Crippen LogP contribution in [0.25, 0.3) is 0 Å². The molecule has 2 unspecified atom stereocenters. The van der Waals surface area contributed by atoms with Crippen molar-refractivity contribution in [2.75, 3.05) is 0 Å². The summed E-state index contributed by atoms with van der Waals surface area (Å²) < 4.78 is 4.79. The predicted octanol–water partition coefficient (Wildman–Crippen LogP) is 0.441. The minimum absolute atomic E-state index is 0.229. The van der Waals surface area contributed by atoms with E-state index in [9.17, 15) is 24.7 Å². The molecular formula is C15H20N2O8. The third kappa shape index (κ3) is 5.41. The molecule has 0 saturated heterocycles. The molecule has 0 aliphatic heterocycles. The van der Waals surface area contributed by atoms with Gasteiger partial charge in [0, 0.05) is 6.07 Å². The fourth-order valence-corrected chi connectivity index (χ4v) is 2.12.